The highest BCUT2D eigenvalue weighted by Gasteiger charge is 2.67. The Balaban J connectivity index is 1.76. The molecule has 0 aliphatic carbocycles. The molecule has 1 amide bonds. The lowest BCUT2D eigenvalue weighted by atomic mass is 9.77. The summed E-state index contributed by atoms with van der Waals surface area (Å²) in [7, 11) is 0. The second-order valence-electron chi connectivity index (χ2n) is 6.91. The first-order valence-corrected chi connectivity index (χ1v) is 7.89. The fourth-order valence-corrected chi connectivity index (χ4v) is 3.95. The molecule has 0 radical (unpaired) electrons. The highest BCUT2D eigenvalue weighted by Crippen LogP contribution is 2.52. The molecule has 5 nitrogen and oxygen atoms in total. The van der Waals surface area contributed by atoms with E-state index in [4.69, 9.17) is 4.74 Å². The fourth-order valence-electron chi connectivity index (χ4n) is 3.95. The monoisotopic (exact) mass is 305 g/mol. The van der Waals surface area contributed by atoms with Gasteiger partial charge in [-0.2, -0.15) is 0 Å². The van der Waals surface area contributed by atoms with Gasteiger partial charge in [0.2, 0.25) is 5.91 Å². The summed E-state index contributed by atoms with van der Waals surface area (Å²) in [6, 6.07) is 0.0913. The summed E-state index contributed by atoms with van der Waals surface area (Å²) in [5.41, 5.74) is 0.557. The van der Waals surface area contributed by atoms with Crippen LogP contribution in [0.5, 0.6) is 0 Å². The molecule has 0 aromatic heterocycles. The van der Waals surface area contributed by atoms with Crippen molar-refractivity contribution in [1.29, 1.82) is 0 Å². The highest BCUT2D eigenvalue weighted by molar-refractivity contribution is 5.90. The van der Waals surface area contributed by atoms with E-state index in [0.29, 0.717) is 6.54 Å². The summed E-state index contributed by atoms with van der Waals surface area (Å²) in [5, 5.41) is 9.43. The topological polar surface area (TPSA) is 66.8 Å². The summed E-state index contributed by atoms with van der Waals surface area (Å²) < 4.78 is 5.88. The molecule has 0 unspecified atom stereocenters. The average molecular weight is 305 g/mol. The number of fused-ring (bicyclic) bond motifs is 1. The van der Waals surface area contributed by atoms with E-state index in [1.54, 1.807) is 6.08 Å². The zero-order valence-corrected chi connectivity index (χ0v) is 13.3. The van der Waals surface area contributed by atoms with Crippen molar-refractivity contribution < 1.29 is 19.4 Å². The molecule has 0 aromatic carbocycles. The van der Waals surface area contributed by atoms with Gasteiger partial charge in [0.1, 0.15) is 11.5 Å². The van der Waals surface area contributed by atoms with Crippen LogP contribution in [0.1, 0.15) is 33.6 Å². The maximum atomic E-state index is 12.8. The van der Waals surface area contributed by atoms with E-state index < -0.39 is 29.5 Å². The molecule has 3 heterocycles. The van der Waals surface area contributed by atoms with Crippen LogP contribution in [0.4, 0.5) is 0 Å². The third-order valence-electron chi connectivity index (χ3n) is 5.08. The van der Waals surface area contributed by atoms with Gasteiger partial charge >= 0.3 is 5.97 Å². The van der Waals surface area contributed by atoms with Gasteiger partial charge in [0.15, 0.2) is 0 Å². The number of carboxylic acids is 1. The molecule has 0 saturated carbocycles. The number of aliphatic carboxylic acids is 1. The minimum absolute atomic E-state index is 0.0658. The lowest BCUT2D eigenvalue weighted by molar-refractivity contribution is -0.148. The van der Waals surface area contributed by atoms with Crippen LogP contribution in [0.3, 0.4) is 0 Å². The molecule has 2 fully saturated rings. The van der Waals surface area contributed by atoms with E-state index in [-0.39, 0.29) is 11.9 Å². The molecule has 2 bridgehead atoms. The van der Waals surface area contributed by atoms with E-state index in [0.717, 1.165) is 12.8 Å². The molecular weight excluding hydrogens is 282 g/mol. The Morgan fingerprint density at radius 2 is 2.32 bits per heavy atom. The number of nitrogens with zero attached hydrogens (tertiary/aromatic N) is 1. The molecule has 3 aliphatic rings. The molecule has 3 aliphatic heterocycles. The molecule has 5 atom stereocenters. The van der Waals surface area contributed by atoms with Crippen molar-refractivity contribution >= 4 is 11.9 Å². The number of ether oxygens (including phenoxy) is 1. The zero-order valence-electron chi connectivity index (χ0n) is 13.3. The Kier molecular flexibility index (Phi) is 3.63. The van der Waals surface area contributed by atoms with Crippen LogP contribution in [-0.2, 0) is 14.3 Å². The summed E-state index contributed by atoms with van der Waals surface area (Å²) in [6.45, 7) is 6.62. The number of allylic oxidation sites excluding steroid dienone is 2. The van der Waals surface area contributed by atoms with Gasteiger partial charge < -0.3 is 14.7 Å². The van der Waals surface area contributed by atoms with Crippen molar-refractivity contribution in [1.82, 2.24) is 4.90 Å². The van der Waals surface area contributed by atoms with Gasteiger partial charge in [0.05, 0.1) is 18.6 Å². The van der Waals surface area contributed by atoms with Crippen molar-refractivity contribution in [3.63, 3.8) is 0 Å². The third-order valence-corrected chi connectivity index (χ3v) is 5.08. The maximum absolute atomic E-state index is 12.8. The van der Waals surface area contributed by atoms with E-state index in [1.165, 1.54) is 5.57 Å². The number of carbonyl (C=O) groups is 2. The van der Waals surface area contributed by atoms with E-state index in [2.05, 4.69) is 19.9 Å². The number of carbonyl (C=O) groups excluding carboxylic acids is 1. The van der Waals surface area contributed by atoms with Crippen molar-refractivity contribution in [3.8, 4) is 0 Å². The highest BCUT2D eigenvalue weighted by atomic mass is 16.5. The third kappa shape index (κ3) is 2.19. The molecule has 5 heteroatoms. The minimum Gasteiger partial charge on any atom is -0.481 e. The van der Waals surface area contributed by atoms with Gasteiger partial charge in [-0.3, -0.25) is 9.59 Å². The molecular formula is C17H23NO4. The van der Waals surface area contributed by atoms with Gasteiger partial charge in [-0.25, -0.2) is 0 Å². The SMILES string of the molecule is CC(C)=CCC[C@@H](C)N1C[C@]23C=C[C@H](O2)[C@@H](C(=O)O)[C@@H]3C1=O. The van der Waals surface area contributed by atoms with Crippen LogP contribution in [0, 0.1) is 11.8 Å². The fraction of sp³-hybridized carbons (Fsp3) is 0.647. The second-order valence-corrected chi connectivity index (χ2v) is 6.91. The summed E-state index contributed by atoms with van der Waals surface area (Å²) in [5.74, 6) is -2.31. The predicted octanol–water partition coefficient (Wildman–Crippen LogP) is 1.99. The first-order valence-electron chi connectivity index (χ1n) is 7.89. The van der Waals surface area contributed by atoms with Gasteiger partial charge in [-0.05, 0) is 33.6 Å². The Labute approximate surface area is 130 Å². The van der Waals surface area contributed by atoms with Gasteiger partial charge in [-0.1, -0.05) is 23.8 Å². The van der Waals surface area contributed by atoms with Crippen LogP contribution in [-0.4, -0.2) is 46.2 Å². The minimum atomic E-state index is -0.936. The number of rotatable bonds is 5. The van der Waals surface area contributed by atoms with Crippen LogP contribution in [0.25, 0.3) is 0 Å². The second kappa shape index (κ2) is 5.23. The lowest BCUT2D eigenvalue weighted by Crippen LogP contribution is -2.40. The van der Waals surface area contributed by atoms with E-state index in [1.807, 2.05) is 17.9 Å². The molecule has 120 valence electrons. The number of amides is 1. The molecule has 1 spiro atoms. The van der Waals surface area contributed by atoms with Gasteiger partial charge in [0.25, 0.3) is 0 Å². The summed E-state index contributed by atoms with van der Waals surface area (Å²) in [6.07, 6.45) is 7.23. The summed E-state index contributed by atoms with van der Waals surface area (Å²) >= 11 is 0. The van der Waals surface area contributed by atoms with Crippen LogP contribution < -0.4 is 0 Å². The first kappa shape index (κ1) is 15.3. The number of hydrogen-bond donors (Lipinski definition) is 1. The number of hydrogen-bond acceptors (Lipinski definition) is 3. The van der Waals surface area contributed by atoms with Crippen molar-refractivity contribution in [2.45, 2.75) is 51.4 Å². The Morgan fingerprint density at radius 3 is 2.95 bits per heavy atom. The standard InChI is InChI=1S/C17H23NO4/c1-10(2)5-4-6-11(3)18-9-17-8-7-12(22-17)13(16(20)21)14(17)15(18)19/h5,7-8,11-14H,4,6,9H2,1-3H3,(H,20,21)/t11-,12+,13-,14-,17+/m1/s1. The normalized spacial score (nSPS) is 36.6. The van der Waals surface area contributed by atoms with Crippen molar-refractivity contribution in [3.05, 3.63) is 23.8 Å². The zero-order chi connectivity index (χ0) is 16.1. The molecule has 1 N–H and O–H groups in total. The number of carboxylic acid groups (broad SMARTS) is 1. The average Bonchev–Trinajstić information content (AvgIpc) is 3.06. The quantitative estimate of drug-likeness (QED) is 0.789. The Morgan fingerprint density at radius 1 is 1.59 bits per heavy atom. The Bertz CT molecular complexity index is 563. The lowest BCUT2D eigenvalue weighted by Gasteiger charge is -2.27. The molecule has 0 aromatic rings. The van der Waals surface area contributed by atoms with Crippen molar-refractivity contribution in [2.75, 3.05) is 6.54 Å². The largest absolute Gasteiger partial charge is 0.481 e. The van der Waals surface area contributed by atoms with Crippen LogP contribution in [0.2, 0.25) is 0 Å². The molecule has 2 saturated heterocycles. The molecule has 3 rings (SSSR count). The molecule has 22 heavy (non-hydrogen) atoms. The van der Waals surface area contributed by atoms with Crippen LogP contribution in [0.15, 0.2) is 23.8 Å². The van der Waals surface area contributed by atoms with Crippen LogP contribution >= 0.6 is 0 Å². The van der Waals surface area contributed by atoms with Gasteiger partial charge in [0, 0.05) is 6.04 Å². The maximum Gasteiger partial charge on any atom is 0.310 e. The van der Waals surface area contributed by atoms with Gasteiger partial charge in [-0.15, -0.1) is 0 Å². The predicted molar refractivity (Wildman–Crippen MR) is 81.2 cm³/mol. The van der Waals surface area contributed by atoms with E-state index >= 15 is 0 Å². The van der Waals surface area contributed by atoms with Crippen molar-refractivity contribution in [2.24, 2.45) is 11.8 Å². The Hall–Kier alpha value is -1.62. The smallest absolute Gasteiger partial charge is 0.310 e. The van der Waals surface area contributed by atoms with E-state index in [9.17, 15) is 14.7 Å². The first-order chi connectivity index (χ1) is 10.4. The summed E-state index contributed by atoms with van der Waals surface area (Å²) in [4.78, 5) is 26.1. The number of likely N-dealkylation sites (tertiary alicyclic amines) is 1.